The van der Waals surface area contributed by atoms with Crippen molar-refractivity contribution in [3.05, 3.63) is 23.8 Å². The van der Waals surface area contributed by atoms with Gasteiger partial charge in [0.2, 0.25) is 0 Å². The van der Waals surface area contributed by atoms with E-state index in [9.17, 15) is 13.2 Å². The molecule has 2 aliphatic carbocycles. The van der Waals surface area contributed by atoms with Gasteiger partial charge in [0.25, 0.3) is 0 Å². The standard InChI is InChI=1S/C14H17F3N2/c15-14(16,17)11-7-10(18)3-4-12(11)19-8-13(5-6-13)9-1-2-9/h3-4,7,9,19H,1-2,5-6,8,18H2. The smallest absolute Gasteiger partial charge is 0.399 e. The minimum Gasteiger partial charge on any atom is -0.399 e. The molecule has 0 heterocycles. The summed E-state index contributed by atoms with van der Waals surface area (Å²) in [5, 5.41) is 3.00. The third-order valence-electron chi connectivity index (χ3n) is 4.32. The molecule has 0 spiro atoms. The lowest BCUT2D eigenvalue weighted by Gasteiger charge is -2.19. The Hall–Kier alpha value is -1.39. The predicted octanol–water partition coefficient (Wildman–Crippen LogP) is 3.89. The van der Waals surface area contributed by atoms with E-state index >= 15 is 0 Å². The van der Waals surface area contributed by atoms with Gasteiger partial charge in [-0.2, -0.15) is 13.2 Å². The number of anilines is 2. The Morgan fingerprint density at radius 1 is 1.26 bits per heavy atom. The Kier molecular flexibility index (Phi) is 2.69. The van der Waals surface area contributed by atoms with Crippen molar-refractivity contribution in [1.29, 1.82) is 0 Å². The second kappa shape index (κ2) is 4.05. The zero-order chi connectivity index (χ0) is 13.7. The van der Waals surface area contributed by atoms with Gasteiger partial charge in [0.05, 0.1) is 5.56 Å². The molecule has 3 rings (SSSR count). The Morgan fingerprint density at radius 2 is 1.95 bits per heavy atom. The number of hydrogen-bond acceptors (Lipinski definition) is 2. The molecule has 0 bridgehead atoms. The molecule has 5 heteroatoms. The summed E-state index contributed by atoms with van der Waals surface area (Å²) in [4.78, 5) is 0. The van der Waals surface area contributed by atoms with E-state index in [1.54, 1.807) is 0 Å². The fraction of sp³-hybridized carbons (Fsp3) is 0.571. The van der Waals surface area contributed by atoms with Gasteiger partial charge >= 0.3 is 6.18 Å². The summed E-state index contributed by atoms with van der Waals surface area (Å²) >= 11 is 0. The Balaban J connectivity index is 1.77. The first-order valence-electron chi connectivity index (χ1n) is 6.61. The highest BCUT2D eigenvalue weighted by Gasteiger charge is 2.53. The molecule has 2 aliphatic rings. The summed E-state index contributed by atoms with van der Waals surface area (Å²) in [6, 6.07) is 3.94. The van der Waals surface area contributed by atoms with E-state index in [1.807, 2.05) is 0 Å². The lowest BCUT2D eigenvalue weighted by molar-refractivity contribution is -0.136. The van der Waals surface area contributed by atoms with Gasteiger partial charge in [0, 0.05) is 17.9 Å². The van der Waals surface area contributed by atoms with E-state index in [0.29, 0.717) is 6.54 Å². The Labute approximate surface area is 110 Å². The number of nitrogen functional groups attached to an aromatic ring is 1. The van der Waals surface area contributed by atoms with Gasteiger partial charge in [0.1, 0.15) is 0 Å². The van der Waals surface area contributed by atoms with Crippen LogP contribution in [0.1, 0.15) is 31.2 Å². The van der Waals surface area contributed by atoms with Crippen LogP contribution >= 0.6 is 0 Å². The van der Waals surface area contributed by atoms with Crippen molar-refractivity contribution in [2.45, 2.75) is 31.9 Å². The van der Waals surface area contributed by atoms with E-state index in [4.69, 9.17) is 5.73 Å². The number of benzene rings is 1. The average Bonchev–Trinajstić information content (AvgIpc) is 3.19. The molecule has 2 nitrogen and oxygen atoms in total. The third kappa shape index (κ3) is 2.51. The number of nitrogens with one attached hydrogen (secondary N) is 1. The van der Waals surface area contributed by atoms with Crippen molar-refractivity contribution < 1.29 is 13.2 Å². The molecule has 2 saturated carbocycles. The SMILES string of the molecule is Nc1ccc(NCC2(C3CC3)CC2)c(C(F)(F)F)c1. The quantitative estimate of drug-likeness (QED) is 0.814. The number of hydrogen-bond donors (Lipinski definition) is 2. The number of nitrogens with two attached hydrogens (primary N) is 1. The van der Waals surface area contributed by atoms with Gasteiger partial charge in [-0.1, -0.05) is 0 Å². The maximum atomic E-state index is 12.9. The van der Waals surface area contributed by atoms with Crippen LogP contribution in [-0.2, 0) is 6.18 Å². The molecule has 0 aliphatic heterocycles. The van der Waals surface area contributed by atoms with Crippen LogP contribution in [0.2, 0.25) is 0 Å². The highest BCUT2D eigenvalue weighted by Crippen LogP contribution is 2.61. The zero-order valence-electron chi connectivity index (χ0n) is 10.6. The molecule has 0 unspecified atom stereocenters. The lowest BCUT2D eigenvalue weighted by Crippen LogP contribution is -2.20. The molecule has 0 atom stereocenters. The highest BCUT2D eigenvalue weighted by atomic mass is 19.4. The Morgan fingerprint density at radius 3 is 2.47 bits per heavy atom. The second-order valence-electron chi connectivity index (χ2n) is 5.79. The van der Waals surface area contributed by atoms with Crippen LogP contribution in [0.4, 0.5) is 24.5 Å². The predicted molar refractivity (Wildman–Crippen MR) is 68.7 cm³/mol. The summed E-state index contributed by atoms with van der Waals surface area (Å²) in [6.45, 7) is 0.644. The van der Waals surface area contributed by atoms with Crippen LogP contribution in [-0.4, -0.2) is 6.54 Å². The zero-order valence-corrected chi connectivity index (χ0v) is 10.6. The number of alkyl halides is 3. The topological polar surface area (TPSA) is 38.0 Å². The van der Waals surface area contributed by atoms with Crippen LogP contribution in [0.15, 0.2) is 18.2 Å². The molecule has 0 radical (unpaired) electrons. The van der Waals surface area contributed by atoms with E-state index < -0.39 is 11.7 Å². The molecule has 1 aromatic carbocycles. The normalized spacial score (nSPS) is 21.2. The monoisotopic (exact) mass is 270 g/mol. The van der Waals surface area contributed by atoms with Crippen molar-refractivity contribution in [1.82, 2.24) is 0 Å². The van der Waals surface area contributed by atoms with Crippen molar-refractivity contribution in [3.63, 3.8) is 0 Å². The van der Waals surface area contributed by atoms with Gasteiger partial charge in [0.15, 0.2) is 0 Å². The summed E-state index contributed by atoms with van der Waals surface area (Å²) in [5.74, 6) is 0.725. The average molecular weight is 270 g/mol. The van der Waals surface area contributed by atoms with Gasteiger partial charge < -0.3 is 11.1 Å². The molecular weight excluding hydrogens is 253 g/mol. The van der Waals surface area contributed by atoms with Crippen LogP contribution in [0.25, 0.3) is 0 Å². The van der Waals surface area contributed by atoms with E-state index in [-0.39, 0.29) is 16.8 Å². The summed E-state index contributed by atoms with van der Waals surface area (Å²) in [5.41, 5.74) is 5.34. The summed E-state index contributed by atoms with van der Waals surface area (Å²) < 4.78 is 38.8. The highest BCUT2D eigenvalue weighted by molar-refractivity contribution is 5.59. The maximum absolute atomic E-state index is 12.9. The number of halogens is 3. The summed E-state index contributed by atoms with van der Waals surface area (Å²) in [7, 11) is 0. The molecule has 3 N–H and O–H groups in total. The second-order valence-corrected chi connectivity index (χ2v) is 5.79. The molecular formula is C14H17F3N2. The fourth-order valence-corrected chi connectivity index (χ4v) is 2.81. The minimum absolute atomic E-state index is 0.140. The third-order valence-corrected chi connectivity index (χ3v) is 4.32. The van der Waals surface area contributed by atoms with Crippen LogP contribution in [0.5, 0.6) is 0 Å². The van der Waals surface area contributed by atoms with Gasteiger partial charge in [-0.15, -0.1) is 0 Å². The van der Waals surface area contributed by atoms with Crippen LogP contribution in [0.3, 0.4) is 0 Å². The molecule has 0 saturated heterocycles. The van der Waals surface area contributed by atoms with Gasteiger partial charge in [-0.3, -0.25) is 0 Å². The first kappa shape index (κ1) is 12.6. The molecule has 19 heavy (non-hydrogen) atoms. The van der Waals surface area contributed by atoms with E-state index in [1.165, 1.54) is 25.0 Å². The first-order valence-corrected chi connectivity index (χ1v) is 6.61. The maximum Gasteiger partial charge on any atom is 0.418 e. The van der Waals surface area contributed by atoms with Crippen molar-refractivity contribution >= 4 is 11.4 Å². The van der Waals surface area contributed by atoms with E-state index in [0.717, 1.165) is 24.8 Å². The summed E-state index contributed by atoms with van der Waals surface area (Å²) in [6.07, 6.45) is 0.376. The van der Waals surface area contributed by atoms with E-state index in [2.05, 4.69) is 5.32 Å². The van der Waals surface area contributed by atoms with Gasteiger partial charge in [-0.25, -0.2) is 0 Å². The van der Waals surface area contributed by atoms with Crippen molar-refractivity contribution in [2.75, 3.05) is 17.6 Å². The lowest BCUT2D eigenvalue weighted by atomic mass is 10.0. The molecule has 1 aromatic rings. The number of rotatable bonds is 4. The Bertz CT molecular complexity index is 488. The van der Waals surface area contributed by atoms with Crippen LogP contribution < -0.4 is 11.1 Å². The van der Waals surface area contributed by atoms with Crippen molar-refractivity contribution in [2.24, 2.45) is 11.3 Å². The van der Waals surface area contributed by atoms with Crippen LogP contribution in [0, 0.1) is 11.3 Å². The minimum atomic E-state index is -4.37. The molecule has 0 amide bonds. The fourth-order valence-electron chi connectivity index (χ4n) is 2.81. The van der Waals surface area contributed by atoms with Gasteiger partial charge in [-0.05, 0) is 55.2 Å². The first-order chi connectivity index (χ1) is 8.91. The van der Waals surface area contributed by atoms with Crippen molar-refractivity contribution in [3.8, 4) is 0 Å². The largest absolute Gasteiger partial charge is 0.418 e. The molecule has 0 aromatic heterocycles. The molecule has 104 valence electrons. The molecule has 2 fully saturated rings.